The molecule has 0 saturated heterocycles. The van der Waals surface area contributed by atoms with Crippen molar-refractivity contribution in [3.8, 4) is 0 Å². The zero-order valence-electron chi connectivity index (χ0n) is 13.0. The molecule has 4 heteroatoms. The molecule has 3 unspecified atom stereocenters. The van der Waals surface area contributed by atoms with Crippen molar-refractivity contribution in [3.63, 3.8) is 0 Å². The van der Waals surface area contributed by atoms with Crippen molar-refractivity contribution in [3.05, 3.63) is 0 Å². The fraction of sp³-hybridized carbons (Fsp3) is 0.933. The highest BCUT2D eigenvalue weighted by atomic mass is 32.2. The van der Waals surface area contributed by atoms with E-state index in [0.717, 1.165) is 19.3 Å². The molecule has 0 radical (unpaired) electrons. The Balaban J connectivity index is 2.67. The molecule has 0 aromatic heterocycles. The first kappa shape index (κ1) is 16.8. The average molecular weight is 287 g/mol. The molecule has 0 aromatic rings. The lowest BCUT2D eigenvalue weighted by Gasteiger charge is -2.39. The predicted molar refractivity (Wildman–Crippen MR) is 82.6 cm³/mol. The second-order valence-corrected chi connectivity index (χ2v) is 7.54. The van der Waals surface area contributed by atoms with E-state index in [4.69, 9.17) is 4.74 Å². The van der Waals surface area contributed by atoms with Crippen LogP contribution >= 0.6 is 11.8 Å². The summed E-state index contributed by atoms with van der Waals surface area (Å²) in [4.78, 5) is 12.2. The second kappa shape index (κ2) is 7.53. The van der Waals surface area contributed by atoms with Gasteiger partial charge in [0.15, 0.2) is 0 Å². The Kier molecular flexibility index (Phi) is 6.67. The minimum atomic E-state index is -0.456. The number of likely N-dealkylation sites (N-methyl/N-ethyl adjacent to an activating group) is 1. The second-order valence-electron chi connectivity index (χ2n) is 5.86. The standard InChI is InChI=1S/C15H29NO2S/c1-6-18-14(17)15(16-5)9-7-8-13(10-15)19-12(4)11(2)3/h11-13,16H,6-10H2,1-5H3. The fourth-order valence-electron chi connectivity index (χ4n) is 2.58. The number of thioether (sulfide) groups is 1. The molecule has 0 amide bonds. The highest BCUT2D eigenvalue weighted by molar-refractivity contribution is 8.00. The van der Waals surface area contributed by atoms with Gasteiger partial charge in [-0.2, -0.15) is 11.8 Å². The average Bonchev–Trinajstić information content (AvgIpc) is 2.39. The van der Waals surface area contributed by atoms with Crippen LogP contribution in [0.2, 0.25) is 0 Å². The monoisotopic (exact) mass is 287 g/mol. The highest BCUT2D eigenvalue weighted by Crippen LogP contribution is 2.38. The molecule has 0 aromatic carbocycles. The van der Waals surface area contributed by atoms with E-state index >= 15 is 0 Å². The van der Waals surface area contributed by atoms with Gasteiger partial charge in [-0.3, -0.25) is 4.79 Å². The van der Waals surface area contributed by atoms with E-state index in [2.05, 4.69) is 26.1 Å². The van der Waals surface area contributed by atoms with Gasteiger partial charge in [0.2, 0.25) is 0 Å². The fourth-order valence-corrected chi connectivity index (χ4v) is 4.19. The molecular weight excluding hydrogens is 258 g/mol. The van der Waals surface area contributed by atoms with Gasteiger partial charge in [-0.15, -0.1) is 0 Å². The maximum Gasteiger partial charge on any atom is 0.326 e. The number of rotatable bonds is 6. The quantitative estimate of drug-likeness (QED) is 0.761. The van der Waals surface area contributed by atoms with Gasteiger partial charge in [0.05, 0.1) is 6.61 Å². The molecule has 1 N–H and O–H groups in total. The molecular formula is C15H29NO2S. The Labute approximate surface area is 122 Å². The summed E-state index contributed by atoms with van der Waals surface area (Å²) in [5, 5.41) is 4.44. The minimum Gasteiger partial charge on any atom is -0.465 e. The van der Waals surface area contributed by atoms with Crippen LogP contribution in [0.15, 0.2) is 0 Å². The van der Waals surface area contributed by atoms with E-state index in [9.17, 15) is 4.79 Å². The Bertz CT molecular complexity index is 296. The summed E-state index contributed by atoms with van der Waals surface area (Å²) in [6.45, 7) is 9.14. The van der Waals surface area contributed by atoms with Crippen LogP contribution in [-0.2, 0) is 9.53 Å². The van der Waals surface area contributed by atoms with Crippen LogP contribution < -0.4 is 5.32 Å². The maximum atomic E-state index is 12.2. The van der Waals surface area contributed by atoms with E-state index in [0.29, 0.717) is 23.0 Å². The third kappa shape index (κ3) is 4.38. The molecule has 0 aliphatic heterocycles. The van der Waals surface area contributed by atoms with Gasteiger partial charge in [-0.05, 0) is 45.6 Å². The largest absolute Gasteiger partial charge is 0.465 e. The summed E-state index contributed by atoms with van der Waals surface area (Å²) < 4.78 is 5.27. The van der Waals surface area contributed by atoms with Crippen molar-refractivity contribution in [1.29, 1.82) is 0 Å². The summed E-state index contributed by atoms with van der Waals surface area (Å²) in [5.41, 5.74) is -0.456. The number of ether oxygens (including phenoxy) is 1. The van der Waals surface area contributed by atoms with Crippen molar-refractivity contribution in [2.75, 3.05) is 13.7 Å². The van der Waals surface area contributed by atoms with E-state index in [1.807, 2.05) is 25.7 Å². The molecule has 3 nitrogen and oxygen atoms in total. The first-order valence-corrected chi connectivity index (χ1v) is 8.41. The third-order valence-electron chi connectivity index (χ3n) is 4.20. The molecule has 19 heavy (non-hydrogen) atoms. The molecule has 0 heterocycles. The van der Waals surface area contributed by atoms with Crippen molar-refractivity contribution in [2.45, 2.75) is 69.4 Å². The number of esters is 1. The Morgan fingerprint density at radius 1 is 1.47 bits per heavy atom. The Hall–Kier alpha value is -0.220. The van der Waals surface area contributed by atoms with Crippen LogP contribution in [0.3, 0.4) is 0 Å². The highest BCUT2D eigenvalue weighted by Gasteiger charge is 2.43. The van der Waals surface area contributed by atoms with Crippen LogP contribution in [0.5, 0.6) is 0 Å². The number of nitrogens with one attached hydrogen (secondary N) is 1. The minimum absolute atomic E-state index is 0.0694. The van der Waals surface area contributed by atoms with Crippen molar-refractivity contribution >= 4 is 17.7 Å². The van der Waals surface area contributed by atoms with Crippen molar-refractivity contribution in [2.24, 2.45) is 5.92 Å². The van der Waals surface area contributed by atoms with Crippen LogP contribution in [0, 0.1) is 5.92 Å². The van der Waals surface area contributed by atoms with E-state index in [1.54, 1.807) is 0 Å². The summed E-state index contributed by atoms with van der Waals surface area (Å²) >= 11 is 2.03. The molecule has 1 aliphatic rings. The number of carbonyl (C=O) groups is 1. The van der Waals surface area contributed by atoms with E-state index in [1.165, 1.54) is 6.42 Å². The molecule has 1 saturated carbocycles. The Morgan fingerprint density at radius 2 is 2.16 bits per heavy atom. The first-order valence-electron chi connectivity index (χ1n) is 7.46. The molecule has 1 fully saturated rings. The van der Waals surface area contributed by atoms with Gasteiger partial charge in [0.25, 0.3) is 0 Å². The van der Waals surface area contributed by atoms with Gasteiger partial charge in [-0.1, -0.05) is 20.8 Å². The maximum absolute atomic E-state index is 12.2. The van der Waals surface area contributed by atoms with Gasteiger partial charge in [0.1, 0.15) is 5.54 Å². The smallest absolute Gasteiger partial charge is 0.326 e. The lowest BCUT2D eigenvalue weighted by Crippen LogP contribution is -2.55. The van der Waals surface area contributed by atoms with Crippen LogP contribution in [-0.4, -0.2) is 35.7 Å². The summed E-state index contributed by atoms with van der Waals surface area (Å²) in [6.07, 6.45) is 4.10. The summed E-state index contributed by atoms with van der Waals surface area (Å²) in [5.74, 6) is 0.610. The lowest BCUT2D eigenvalue weighted by molar-refractivity contribution is -0.152. The van der Waals surface area contributed by atoms with E-state index < -0.39 is 5.54 Å². The van der Waals surface area contributed by atoms with Gasteiger partial charge < -0.3 is 10.1 Å². The molecule has 0 bridgehead atoms. The van der Waals surface area contributed by atoms with Crippen LogP contribution in [0.25, 0.3) is 0 Å². The molecule has 112 valence electrons. The summed E-state index contributed by atoms with van der Waals surface area (Å²) in [7, 11) is 1.88. The lowest BCUT2D eigenvalue weighted by atomic mass is 9.81. The zero-order valence-corrected chi connectivity index (χ0v) is 13.8. The third-order valence-corrected chi connectivity index (χ3v) is 5.96. The number of hydrogen-bond acceptors (Lipinski definition) is 4. The predicted octanol–water partition coefficient (Wildman–Crippen LogP) is 3.23. The first-order chi connectivity index (χ1) is 8.95. The summed E-state index contributed by atoms with van der Waals surface area (Å²) in [6, 6.07) is 0. The van der Waals surface area contributed by atoms with Crippen molar-refractivity contribution in [1.82, 2.24) is 5.32 Å². The Morgan fingerprint density at radius 3 is 2.68 bits per heavy atom. The van der Waals surface area contributed by atoms with Gasteiger partial charge in [0, 0.05) is 10.5 Å². The zero-order chi connectivity index (χ0) is 14.5. The van der Waals surface area contributed by atoms with Gasteiger partial charge in [-0.25, -0.2) is 0 Å². The number of carbonyl (C=O) groups excluding carboxylic acids is 1. The molecule has 0 spiro atoms. The molecule has 1 aliphatic carbocycles. The van der Waals surface area contributed by atoms with Crippen LogP contribution in [0.1, 0.15) is 53.4 Å². The van der Waals surface area contributed by atoms with Gasteiger partial charge >= 0.3 is 5.97 Å². The topological polar surface area (TPSA) is 38.3 Å². The van der Waals surface area contributed by atoms with Crippen LogP contribution in [0.4, 0.5) is 0 Å². The molecule has 1 rings (SSSR count). The molecule has 3 atom stereocenters. The SMILES string of the molecule is CCOC(=O)C1(NC)CCCC(SC(C)C(C)C)C1. The normalized spacial score (nSPS) is 29.3. The van der Waals surface area contributed by atoms with E-state index in [-0.39, 0.29) is 5.97 Å². The van der Waals surface area contributed by atoms with Crippen molar-refractivity contribution < 1.29 is 9.53 Å². The number of hydrogen-bond donors (Lipinski definition) is 1.